The maximum absolute atomic E-state index is 10.7. The van der Waals surface area contributed by atoms with Crippen LogP contribution in [-0.2, 0) is 4.79 Å². The van der Waals surface area contributed by atoms with Gasteiger partial charge in [0.2, 0.25) is 5.91 Å². The lowest BCUT2D eigenvalue weighted by Gasteiger charge is -2.19. The molecule has 0 aliphatic carbocycles. The monoisotopic (exact) mass is 270 g/mol. The van der Waals surface area contributed by atoms with E-state index in [1.54, 1.807) is 0 Å². The van der Waals surface area contributed by atoms with Gasteiger partial charge in [0.05, 0.1) is 4.92 Å². The molecule has 0 bridgehead atoms. The summed E-state index contributed by atoms with van der Waals surface area (Å²) in [5.41, 5.74) is -0.495. The van der Waals surface area contributed by atoms with E-state index in [-0.39, 0.29) is 23.5 Å². The van der Waals surface area contributed by atoms with Crippen LogP contribution in [0, 0.1) is 10.1 Å². The Morgan fingerprint density at radius 2 is 2.11 bits per heavy atom. The number of hydrogen-bond donors (Lipinski definition) is 4. The zero-order chi connectivity index (χ0) is 14.6. The normalized spacial score (nSPS) is 13.6. The first kappa shape index (κ1) is 14.9. The third-order valence-electron chi connectivity index (χ3n) is 2.47. The largest absolute Gasteiger partial charge is 0.508 e. The van der Waals surface area contributed by atoms with E-state index in [2.05, 4.69) is 5.32 Å². The first-order valence-electron chi connectivity index (χ1n) is 5.40. The number of nitro groups is 1. The molecule has 8 heteroatoms. The van der Waals surface area contributed by atoms with Crippen molar-refractivity contribution in [3.63, 3.8) is 0 Å². The van der Waals surface area contributed by atoms with Gasteiger partial charge in [-0.3, -0.25) is 14.9 Å². The molecule has 0 spiro atoms. The summed E-state index contributed by atoms with van der Waals surface area (Å²) in [6.45, 7) is 1.00. The average molecular weight is 270 g/mol. The zero-order valence-electron chi connectivity index (χ0n) is 10.1. The molecular formula is C11H14N2O6. The number of carbonyl (C=O) groups is 1. The van der Waals surface area contributed by atoms with E-state index in [1.165, 1.54) is 6.92 Å². The Bertz CT molecular complexity index is 490. The van der Waals surface area contributed by atoms with Crippen LogP contribution in [-0.4, -0.2) is 38.8 Å². The van der Waals surface area contributed by atoms with Gasteiger partial charge >= 0.3 is 0 Å². The van der Waals surface area contributed by atoms with Gasteiger partial charge in [0, 0.05) is 31.2 Å². The van der Waals surface area contributed by atoms with Crippen LogP contribution in [0.1, 0.15) is 18.6 Å². The maximum Gasteiger partial charge on any atom is 0.270 e. The van der Waals surface area contributed by atoms with Crippen LogP contribution in [0.4, 0.5) is 5.69 Å². The van der Waals surface area contributed by atoms with Crippen LogP contribution in [0.15, 0.2) is 18.2 Å². The zero-order valence-corrected chi connectivity index (χ0v) is 10.1. The number of aromatic hydroxyl groups is 1. The molecule has 2 atom stereocenters. The molecule has 1 rings (SSSR count). The van der Waals surface area contributed by atoms with Gasteiger partial charge in [-0.1, -0.05) is 0 Å². The molecule has 0 saturated carbocycles. The van der Waals surface area contributed by atoms with Crippen molar-refractivity contribution >= 4 is 11.6 Å². The number of aliphatic hydroxyl groups is 2. The van der Waals surface area contributed by atoms with Crippen molar-refractivity contribution in [1.82, 2.24) is 5.32 Å². The highest BCUT2D eigenvalue weighted by Gasteiger charge is 2.23. The fraction of sp³-hybridized carbons (Fsp3) is 0.364. The van der Waals surface area contributed by atoms with Gasteiger partial charge in [-0.15, -0.1) is 0 Å². The molecule has 19 heavy (non-hydrogen) atoms. The number of non-ortho nitro benzene ring substituents is 1. The summed E-state index contributed by atoms with van der Waals surface area (Å²) in [5, 5.41) is 41.8. The molecule has 104 valence electrons. The summed E-state index contributed by atoms with van der Waals surface area (Å²) in [6, 6.07) is 3.10. The van der Waals surface area contributed by atoms with Gasteiger partial charge in [0.25, 0.3) is 5.69 Å². The predicted octanol–water partition coefficient (Wildman–Crippen LogP) is -0.169. The van der Waals surface area contributed by atoms with E-state index < -0.39 is 23.0 Å². The molecule has 0 fully saturated rings. The second-order valence-electron chi connectivity index (χ2n) is 3.95. The Hall–Kier alpha value is -2.19. The van der Waals surface area contributed by atoms with Crippen molar-refractivity contribution in [2.24, 2.45) is 0 Å². The van der Waals surface area contributed by atoms with Gasteiger partial charge in [-0.25, -0.2) is 0 Å². The summed E-state index contributed by atoms with van der Waals surface area (Å²) < 4.78 is 0. The Morgan fingerprint density at radius 1 is 1.47 bits per heavy atom. The fourth-order valence-corrected chi connectivity index (χ4v) is 1.46. The van der Waals surface area contributed by atoms with E-state index in [1.807, 2.05) is 0 Å². The molecule has 0 aromatic heterocycles. The third kappa shape index (κ3) is 3.90. The molecule has 0 radical (unpaired) electrons. The van der Waals surface area contributed by atoms with Crippen molar-refractivity contribution in [2.75, 3.05) is 6.54 Å². The van der Waals surface area contributed by atoms with E-state index in [9.17, 15) is 30.2 Å². The Balaban J connectivity index is 2.91. The predicted molar refractivity (Wildman–Crippen MR) is 64.4 cm³/mol. The first-order valence-corrected chi connectivity index (χ1v) is 5.40. The van der Waals surface area contributed by atoms with Crippen LogP contribution in [0.25, 0.3) is 0 Å². The second kappa shape index (κ2) is 6.12. The van der Waals surface area contributed by atoms with Crippen molar-refractivity contribution in [3.8, 4) is 5.75 Å². The van der Waals surface area contributed by atoms with E-state index >= 15 is 0 Å². The van der Waals surface area contributed by atoms with Crippen molar-refractivity contribution in [1.29, 1.82) is 0 Å². The number of aliphatic hydroxyl groups excluding tert-OH is 2. The molecule has 0 heterocycles. The van der Waals surface area contributed by atoms with Crippen LogP contribution in [0.2, 0.25) is 0 Å². The summed E-state index contributed by atoms with van der Waals surface area (Å²) in [7, 11) is 0. The van der Waals surface area contributed by atoms with Crippen LogP contribution >= 0.6 is 0 Å². The van der Waals surface area contributed by atoms with Gasteiger partial charge in [0.1, 0.15) is 18.0 Å². The summed E-state index contributed by atoms with van der Waals surface area (Å²) in [5.74, 6) is -0.769. The lowest BCUT2D eigenvalue weighted by atomic mass is 10.0. The number of benzene rings is 1. The highest BCUT2D eigenvalue weighted by atomic mass is 16.6. The molecular weight excluding hydrogens is 256 g/mol. The van der Waals surface area contributed by atoms with Gasteiger partial charge in [0.15, 0.2) is 0 Å². The molecule has 8 nitrogen and oxygen atoms in total. The van der Waals surface area contributed by atoms with Gasteiger partial charge in [-0.2, -0.15) is 0 Å². The minimum absolute atomic E-state index is 0.174. The average Bonchev–Trinajstić information content (AvgIpc) is 2.35. The van der Waals surface area contributed by atoms with Crippen LogP contribution in [0.5, 0.6) is 5.75 Å². The minimum atomic E-state index is -1.55. The van der Waals surface area contributed by atoms with Crippen molar-refractivity contribution in [3.05, 3.63) is 33.9 Å². The molecule has 0 saturated heterocycles. The standard InChI is InChI=1S/C11H14N2O6/c1-6(14)12-5-10(16)11(17)8-4-7(13(18)19)2-3-9(8)15/h2-4,10-11,15-17H,5H2,1H3,(H,12,14). The number of phenolic OH excluding ortho intramolecular Hbond substituents is 1. The number of nitrogens with one attached hydrogen (secondary N) is 1. The van der Waals surface area contributed by atoms with Gasteiger partial charge < -0.3 is 20.6 Å². The smallest absolute Gasteiger partial charge is 0.270 e. The molecule has 1 aromatic carbocycles. The number of carbonyl (C=O) groups excluding carboxylic acids is 1. The van der Waals surface area contributed by atoms with E-state index in [4.69, 9.17) is 0 Å². The molecule has 1 aromatic rings. The SMILES string of the molecule is CC(=O)NCC(O)C(O)c1cc([N+](=O)[O-])ccc1O. The maximum atomic E-state index is 10.7. The minimum Gasteiger partial charge on any atom is -0.508 e. The number of hydrogen-bond acceptors (Lipinski definition) is 6. The van der Waals surface area contributed by atoms with E-state index in [0.717, 1.165) is 18.2 Å². The third-order valence-corrected chi connectivity index (χ3v) is 2.47. The molecule has 0 aliphatic rings. The molecule has 1 amide bonds. The first-order chi connectivity index (χ1) is 8.82. The Labute approximate surface area is 108 Å². The van der Waals surface area contributed by atoms with Gasteiger partial charge in [-0.05, 0) is 6.07 Å². The highest BCUT2D eigenvalue weighted by Crippen LogP contribution is 2.30. The summed E-state index contributed by atoms with van der Waals surface area (Å²) in [4.78, 5) is 20.6. The molecule has 4 N–H and O–H groups in total. The summed E-state index contributed by atoms with van der Waals surface area (Å²) >= 11 is 0. The number of phenols is 1. The Morgan fingerprint density at radius 3 is 2.63 bits per heavy atom. The highest BCUT2D eigenvalue weighted by molar-refractivity contribution is 5.72. The quantitative estimate of drug-likeness (QED) is 0.433. The number of amides is 1. The molecule has 2 unspecified atom stereocenters. The lowest BCUT2D eigenvalue weighted by molar-refractivity contribution is -0.385. The number of nitrogens with zero attached hydrogens (tertiary/aromatic N) is 1. The van der Waals surface area contributed by atoms with Crippen LogP contribution in [0.3, 0.4) is 0 Å². The topological polar surface area (TPSA) is 133 Å². The number of nitro benzene ring substituents is 1. The van der Waals surface area contributed by atoms with Crippen molar-refractivity contribution < 1.29 is 25.0 Å². The fourth-order valence-electron chi connectivity index (χ4n) is 1.46. The number of rotatable bonds is 5. The van der Waals surface area contributed by atoms with E-state index in [0.29, 0.717) is 0 Å². The molecule has 0 aliphatic heterocycles. The summed E-state index contributed by atoms with van der Waals surface area (Å²) in [6.07, 6.45) is -2.94. The lowest BCUT2D eigenvalue weighted by Crippen LogP contribution is -2.34. The Kier molecular flexibility index (Phi) is 4.79. The second-order valence-corrected chi connectivity index (χ2v) is 3.95. The van der Waals surface area contributed by atoms with Crippen molar-refractivity contribution in [2.45, 2.75) is 19.1 Å². The van der Waals surface area contributed by atoms with Crippen LogP contribution < -0.4 is 5.32 Å².